The summed E-state index contributed by atoms with van der Waals surface area (Å²) in [5.74, 6) is 0. The van der Waals surface area contributed by atoms with Crippen LogP contribution >= 0.6 is 20.5 Å². The third-order valence-corrected chi connectivity index (χ3v) is 45.8. The molecule has 0 saturated carbocycles. The summed E-state index contributed by atoms with van der Waals surface area (Å²) in [6, 6.07) is 0. The number of hydrogen-bond donors (Lipinski definition) is 0. The number of rotatable bonds is 90. The molecule has 0 fully saturated rings. The Morgan fingerprint density at radius 1 is 0.117 bits per heavy atom. The topological polar surface area (TPSA) is 27.7 Å². The van der Waals surface area contributed by atoms with E-state index in [0.29, 0.717) is 0 Å². The van der Waals surface area contributed by atoms with Crippen molar-refractivity contribution >= 4 is 27.8 Å². The van der Waals surface area contributed by atoms with E-state index in [1.54, 1.807) is 0 Å². The third-order valence-electron chi connectivity index (χ3n) is 26.1. The standard InChI is InChI=1S/C96H204BO3P3/c1-13-25-37-49-52-55-58-61-64-67-70-82-94-101(85-73-40-28-16-4,86-74-41-29-17-5,87-75-42-30-18-6)98-97(99-102(88-76-43-31-19-7,89-77-44-32-20-8,90-78-45-33-21-9)95-83-71-68-65-62-59-56-53-50-38-26-14-2)100-103(91-79-46-34-22-10,92-80-47-35-23-11,93-81-48-36-24-12)96-84-72-69-66-63-60-57-54-51-39-27-15-3/h13-96H2,1-12H3. The Balaban J connectivity index is 9.55. The van der Waals surface area contributed by atoms with Gasteiger partial charge in [-0.2, -0.15) is 0 Å². The van der Waals surface area contributed by atoms with Crippen LogP contribution in [0.15, 0.2) is 0 Å². The van der Waals surface area contributed by atoms with E-state index in [0.717, 1.165) is 0 Å². The van der Waals surface area contributed by atoms with E-state index in [2.05, 4.69) is 83.1 Å². The first kappa shape index (κ1) is 104. The molecule has 0 aromatic heterocycles. The minimum Gasteiger partial charge on any atom is -0.0654 e. The zero-order valence-electron chi connectivity index (χ0n) is 74.5. The van der Waals surface area contributed by atoms with Crippen LogP contribution in [0.1, 0.15) is 545 Å². The van der Waals surface area contributed by atoms with Gasteiger partial charge in [0.25, 0.3) is 0 Å². The fraction of sp³-hybridized carbons (Fsp3) is 1.00. The number of hydrogen-bond acceptors (Lipinski definition) is 3. The minimum atomic E-state index is -3.08. The summed E-state index contributed by atoms with van der Waals surface area (Å²) >= 11 is 0. The maximum absolute atomic E-state index is 9.57. The van der Waals surface area contributed by atoms with Gasteiger partial charge in [0.2, 0.25) is 0 Å². The summed E-state index contributed by atoms with van der Waals surface area (Å²) in [5.41, 5.74) is 0. The Bertz CT molecular complexity index is 1400. The first-order chi connectivity index (χ1) is 50.5. The Kier molecular flexibility index (Phi) is 74.3. The second kappa shape index (κ2) is 73.4. The molecule has 0 atom stereocenters. The molecule has 0 aromatic carbocycles. The van der Waals surface area contributed by atoms with Crippen LogP contribution in [0.2, 0.25) is 0 Å². The van der Waals surface area contributed by atoms with Gasteiger partial charge in [-0.3, -0.25) is 0 Å². The summed E-state index contributed by atoms with van der Waals surface area (Å²) in [5, 5.41) is 0. The van der Waals surface area contributed by atoms with Gasteiger partial charge in [0.05, 0.1) is 0 Å². The van der Waals surface area contributed by atoms with Crippen molar-refractivity contribution in [2.24, 2.45) is 0 Å². The predicted octanol–water partition coefficient (Wildman–Crippen LogP) is 36.8. The second-order valence-corrected chi connectivity index (χ2v) is 53.2. The first-order valence-electron chi connectivity index (χ1n) is 49.5. The Morgan fingerprint density at radius 2 is 0.194 bits per heavy atom. The Hall–Kier alpha value is 1.23. The van der Waals surface area contributed by atoms with E-state index < -0.39 is 27.8 Å². The van der Waals surface area contributed by atoms with Crippen molar-refractivity contribution in [1.82, 2.24) is 0 Å². The van der Waals surface area contributed by atoms with Crippen LogP contribution < -0.4 is 0 Å². The molecule has 0 amide bonds. The van der Waals surface area contributed by atoms with E-state index >= 15 is 0 Å². The molecule has 0 aromatic rings. The molecule has 3 nitrogen and oxygen atoms in total. The van der Waals surface area contributed by atoms with Gasteiger partial charge >= 0.3 is 620 Å². The molecule has 0 unspecified atom stereocenters. The number of unbranched alkanes of at least 4 members (excludes halogenated alkanes) is 60. The Morgan fingerprint density at radius 3 is 0.291 bits per heavy atom. The minimum absolute atomic E-state index is 0.504. The summed E-state index contributed by atoms with van der Waals surface area (Å²) in [6.45, 7) is 20.1. The zero-order valence-corrected chi connectivity index (χ0v) is 77.2. The summed E-state index contributed by atoms with van der Waals surface area (Å²) < 4.78 is 28.7. The van der Waals surface area contributed by atoms with Crippen LogP contribution in [0.3, 0.4) is 0 Å². The molecule has 0 N–H and O–H groups in total. The average Bonchev–Trinajstić information content (AvgIpc) is 0.729. The van der Waals surface area contributed by atoms with E-state index in [1.807, 2.05) is 0 Å². The fourth-order valence-electron chi connectivity index (χ4n) is 18.9. The molecule has 0 rings (SSSR count). The monoisotopic (exact) mass is 1510 g/mol. The van der Waals surface area contributed by atoms with Gasteiger partial charge in [0.15, 0.2) is 0 Å². The van der Waals surface area contributed by atoms with Crippen molar-refractivity contribution in [3.05, 3.63) is 0 Å². The molecule has 0 aliphatic heterocycles. The van der Waals surface area contributed by atoms with E-state index in [9.17, 15) is 13.3 Å². The molecule has 0 bridgehead atoms. The summed E-state index contributed by atoms with van der Waals surface area (Å²) in [7, 11) is -0.504. The van der Waals surface area contributed by atoms with Crippen molar-refractivity contribution in [3.63, 3.8) is 0 Å². The molecule has 103 heavy (non-hydrogen) atoms. The predicted molar refractivity (Wildman–Crippen MR) is 489 cm³/mol. The van der Waals surface area contributed by atoms with Gasteiger partial charge < -0.3 is 0 Å². The van der Waals surface area contributed by atoms with Gasteiger partial charge in [-0.05, 0) is 0 Å². The van der Waals surface area contributed by atoms with Crippen molar-refractivity contribution in [2.45, 2.75) is 545 Å². The van der Waals surface area contributed by atoms with E-state index in [1.165, 1.54) is 536 Å². The normalized spacial score (nSPS) is 13.6. The first-order valence-corrected chi connectivity index (χ1v) is 58.2. The van der Waals surface area contributed by atoms with Gasteiger partial charge in [0.1, 0.15) is 0 Å². The van der Waals surface area contributed by atoms with Crippen LogP contribution in [0.25, 0.3) is 0 Å². The SMILES string of the molecule is CCCCCCCCCCCCCCP(CCCCCC)(CCCCCC)(CCCCCC)OB(OP(CCCCCC)(CCCCCC)(CCCCCC)CCCCCCCCCCCCCC)OP(CCCCCC)(CCCCCC)(CCCCCC)CCCCCCCCCCCCCC. The van der Waals surface area contributed by atoms with Gasteiger partial charge in [0, 0.05) is 0 Å². The molecule has 0 aliphatic rings. The summed E-state index contributed by atoms with van der Waals surface area (Å²) in [4.78, 5) is 0. The smallest absolute Gasteiger partial charge is 0.0654 e. The van der Waals surface area contributed by atoms with E-state index in [4.69, 9.17) is 0 Å². The molecule has 624 valence electrons. The van der Waals surface area contributed by atoms with Crippen molar-refractivity contribution in [1.29, 1.82) is 0 Å². The molecule has 0 spiro atoms. The van der Waals surface area contributed by atoms with Crippen molar-refractivity contribution in [2.75, 3.05) is 73.9 Å². The van der Waals surface area contributed by atoms with Gasteiger partial charge in [-0.15, -0.1) is 0 Å². The average molecular weight is 1510 g/mol. The maximum atomic E-state index is 9.57. The molecule has 0 heterocycles. The molecule has 0 radical (unpaired) electrons. The molecule has 0 saturated heterocycles. The molecular formula is C96H204BO3P3. The van der Waals surface area contributed by atoms with Crippen LogP contribution in [0.5, 0.6) is 0 Å². The van der Waals surface area contributed by atoms with Crippen LogP contribution in [0, 0.1) is 0 Å². The zero-order chi connectivity index (χ0) is 75.4. The Labute approximate surface area is 656 Å². The van der Waals surface area contributed by atoms with Gasteiger partial charge in [-0.25, -0.2) is 0 Å². The second-order valence-electron chi connectivity index (χ2n) is 36.1. The summed E-state index contributed by atoms with van der Waals surface area (Å²) in [6.07, 6.45) is 115. The molecule has 7 heteroatoms. The van der Waals surface area contributed by atoms with E-state index in [-0.39, 0.29) is 0 Å². The van der Waals surface area contributed by atoms with Crippen LogP contribution in [0.4, 0.5) is 0 Å². The van der Waals surface area contributed by atoms with Crippen LogP contribution in [-0.4, -0.2) is 81.3 Å². The quantitative estimate of drug-likeness (QED) is 0.0345. The van der Waals surface area contributed by atoms with Crippen molar-refractivity contribution in [3.8, 4) is 0 Å². The van der Waals surface area contributed by atoms with Gasteiger partial charge in [-0.1, -0.05) is 40.0 Å². The molecule has 0 aliphatic carbocycles. The third kappa shape index (κ3) is 54.6. The molecular weight excluding hydrogens is 1300 g/mol. The van der Waals surface area contributed by atoms with Crippen LogP contribution in [-0.2, 0) is 13.3 Å². The fourth-order valence-corrected chi connectivity index (χ4v) is 38.4. The van der Waals surface area contributed by atoms with Crippen molar-refractivity contribution < 1.29 is 13.3 Å².